The quantitative estimate of drug-likeness (QED) is 0.393. The minimum absolute atomic E-state index is 0.0851. The van der Waals surface area contributed by atoms with Crippen molar-refractivity contribution in [1.29, 1.82) is 0 Å². The van der Waals surface area contributed by atoms with Crippen molar-refractivity contribution in [3.8, 4) is 22.8 Å². The van der Waals surface area contributed by atoms with E-state index >= 15 is 0 Å². The third-order valence-electron chi connectivity index (χ3n) is 9.70. The van der Waals surface area contributed by atoms with Crippen molar-refractivity contribution in [2.45, 2.75) is 56.9 Å². The van der Waals surface area contributed by atoms with Crippen molar-refractivity contribution in [3.05, 3.63) is 75.0 Å². The predicted molar refractivity (Wildman–Crippen MR) is 165 cm³/mol. The fourth-order valence-corrected chi connectivity index (χ4v) is 6.52. The highest BCUT2D eigenvalue weighted by molar-refractivity contribution is 5.95. The molecule has 44 heavy (non-hydrogen) atoms. The highest BCUT2D eigenvalue weighted by Crippen LogP contribution is 2.48. The van der Waals surface area contributed by atoms with E-state index in [0.29, 0.717) is 58.0 Å². The molecular weight excluding hydrogens is 559 g/mol. The van der Waals surface area contributed by atoms with Gasteiger partial charge in [-0.2, -0.15) is 0 Å². The lowest BCUT2D eigenvalue weighted by Crippen LogP contribution is -2.40. The van der Waals surface area contributed by atoms with Crippen LogP contribution in [0, 0.1) is 18.7 Å². The minimum Gasteiger partial charge on any atom is -0.496 e. The summed E-state index contributed by atoms with van der Waals surface area (Å²) in [6.07, 6.45) is 8.71. The number of carbonyl (C=O) groups excluding carboxylic acids is 2. The number of rotatable bonds is 9. The highest BCUT2D eigenvalue weighted by Gasteiger charge is 2.45. The Bertz CT molecular complexity index is 1820. The van der Waals surface area contributed by atoms with Gasteiger partial charge in [-0.05, 0) is 75.3 Å². The van der Waals surface area contributed by atoms with Gasteiger partial charge in [0.05, 0.1) is 7.11 Å². The highest BCUT2D eigenvalue weighted by atomic mass is 19.1. The van der Waals surface area contributed by atoms with Crippen LogP contribution in [0.2, 0.25) is 0 Å². The molecule has 2 aliphatic carbocycles. The van der Waals surface area contributed by atoms with Gasteiger partial charge in [0.2, 0.25) is 5.91 Å². The van der Waals surface area contributed by atoms with Crippen molar-refractivity contribution in [1.82, 2.24) is 15.2 Å². The van der Waals surface area contributed by atoms with Crippen LogP contribution in [0.4, 0.5) is 4.39 Å². The van der Waals surface area contributed by atoms with E-state index < -0.39 is 11.3 Å². The molecule has 3 N–H and O–H groups in total. The van der Waals surface area contributed by atoms with Gasteiger partial charge in [-0.1, -0.05) is 18.2 Å². The predicted octanol–water partition coefficient (Wildman–Crippen LogP) is 3.26. The van der Waals surface area contributed by atoms with E-state index in [0.717, 1.165) is 35.5 Å². The van der Waals surface area contributed by atoms with Gasteiger partial charge in [0, 0.05) is 64.1 Å². The number of methoxy groups -OCH3 is 1. The molecule has 7 rings (SSSR count). The summed E-state index contributed by atoms with van der Waals surface area (Å²) in [6.45, 7) is 4.76. The molecule has 2 atom stereocenters. The van der Waals surface area contributed by atoms with Crippen LogP contribution in [0.15, 0.2) is 36.4 Å². The number of pyridine rings is 1. The average Bonchev–Trinajstić information content (AvgIpc) is 3.96. The van der Waals surface area contributed by atoms with E-state index in [4.69, 9.17) is 20.2 Å². The fourth-order valence-electron chi connectivity index (χ4n) is 6.52. The van der Waals surface area contributed by atoms with E-state index in [-0.39, 0.29) is 24.2 Å². The van der Waals surface area contributed by atoms with Crippen molar-refractivity contribution >= 4 is 24.1 Å². The normalized spacial score (nSPS) is 20.9. The Labute approximate surface area is 255 Å². The number of nitrogens with zero attached hydrogens (tertiary/aromatic N) is 2. The first-order valence-electron chi connectivity index (χ1n) is 15.4. The van der Waals surface area contributed by atoms with Crippen LogP contribution in [-0.2, 0) is 10.2 Å². The Morgan fingerprint density at radius 2 is 2.02 bits per heavy atom. The Hall–Kier alpha value is -4.40. The van der Waals surface area contributed by atoms with Gasteiger partial charge >= 0.3 is 0 Å². The number of halogens is 1. The number of nitrogens with two attached hydrogens (primary N) is 1. The Balaban J connectivity index is 1.23. The fraction of sp³-hybridized carbons (Fsp3) is 0.400. The van der Waals surface area contributed by atoms with Crippen LogP contribution in [0.3, 0.4) is 0 Å². The van der Waals surface area contributed by atoms with E-state index in [9.17, 15) is 14.0 Å². The summed E-state index contributed by atoms with van der Waals surface area (Å²) >= 11 is 0. The molecule has 4 aliphatic rings. The number of aromatic nitrogens is 1. The van der Waals surface area contributed by atoms with Crippen LogP contribution in [0.5, 0.6) is 11.5 Å². The Morgan fingerprint density at radius 3 is 2.73 bits per heavy atom. The van der Waals surface area contributed by atoms with Gasteiger partial charge < -0.3 is 25.4 Å². The first kappa shape index (κ1) is 28.4. The molecule has 0 radical (unpaired) electrons. The monoisotopic (exact) mass is 596 g/mol. The van der Waals surface area contributed by atoms with Crippen LogP contribution in [0.25, 0.3) is 23.5 Å². The van der Waals surface area contributed by atoms with E-state index in [1.165, 1.54) is 18.9 Å². The molecule has 2 fully saturated rings. The van der Waals surface area contributed by atoms with Gasteiger partial charge in [-0.15, -0.1) is 0 Å². The zero-order valence-corrected chi connectivity index (χ0v) is 25.3. The lowest BCUT2D eigenvalue weighted by atomic mass is 9.82. The zero-order valence-electron chi connectivity index (χ0n) is 25.3. The molecule has 0 saturated heterocycles. The van der Waals surface area contributed by atoms with Crippen molar-refractivity contribution < 1.29 is 23.5 Å². The van der Waals surface area contributed by atoms with Crippen LogP contribution in [0.1, 0.15) is 65.7 Å². The molecule has 2 aliphatic heterocycles. The molecule has 0 unspecified atom stereocenters. The summed E-state index contributed by atoms with van der Waals surface area (Å²) in [6, 6.07) is 11.1. The molecule has 0 spiro atoms. The lowest BCUT2D eigenvalue weighted by Gasteiger charge is -2.23. The van der Waals surface area contributed by atoms with Gasteiger partial charge in [-0.3, -0.25) is 9.59 Å². The van der Waals surface area contributed by atoms with E-state index in [1.54, 1.807) is 33.1 Å². The molecule has 228 valence electrons. The summed E-state index contributed by atoms with van der Waals surface area (Å²) in [7, 11) is 1.63. The van der Waals surface area contributed by atoms with Crippen LogP contribution < -0.4 is 31.0 Å². The molecule has 8 nitrogen and oxygen atoms in total. The number of primary amides is 1. The van der Waals surface area contributed by atoms with Gasteiger partial charge in [0.15, 0.2) is 0 Å². The van der Waals surface area contributed by atoms with Crippen LogP contribution >= 0.6 is 0 Å². The number of fused-ring (bicyclic) bond motifs is 2. The topological polar surface area (TPSA) is 107 Å². The van der Waals surface area contributed by atoms with Crippen LogP contribution in [-0.4, -0.2) is 54.5 Å². The smallest absolute Gasteiger partial charge is 0.251 e. The molecule has 2 saturated carbocycles. The molecule has 9 heteroatoms. The number of hydrogen-bond acceptors (Lipinski definition) is 6. The summed E-state index contributed by atoms with van der Waals surface area (Å²) in [5.74, 6) is 0.303. The van der Waals surface area contributed by atoms with Crippen molar-refractivity contribution in [2.24, 2.45) is 11.7 Å². The second-order valence-corrected chi connectivity index (χ2v) is 12.8. The van der Waals surface area contributed by atoms with E-state index in [1.807, 2.05) is 18.2 Å². The maximum atomic E-state index is 14.7. The number of amides is 2. The van der Waals surface area contributed by atoms with Gasteiger partial charge in [-0.25, -0.2) is 9.37 Å². The molecule has 3 aromatic rings. The van der Waals surface area contributed by atoms with Gasteiger partial charge in [0.25, 0.3) is 5.91 Å². The maximum absolute atomic E-state index is 14.7. The SMILES string of the molecule is COc1cc(C(=O)NC[C@H](c2cc3c(c(-c4cccc(F)c4C)n2)OC[C@]3(C)C(N)=O)C2CC2)cc2c1=CCN(C1CC1)C=2. The minimum atomic E-state index is -1.05. The summed E-state index contributed by atoms with van der Waals surface area (Å²) in [5, 5.41) is 5.15. The van der Waals surface area contributed by atoms with E-state index in [2.05, 4.69) is 22.5 Å². The summed E-state index contributed by atoms with van der Waals surface area (Å²) < 4.78 is 26.4. The number of benzene rings is 2. The number of nitrogens with one attached hydrogen (secondary N) is 1. The van der Waals surface area contributed by atoms with Crippen molar-refractivity contribution in [2.75, 3.05) is 26.8 Å². The standard InChI is InChI=1S/C35H37FN4O4/c1-19-24(5-4-6-28(19)36)31-32-27(35(2,18-44-32)34(37)42)15-29(39-31)26(20-7-8-20)16-38-33(41)21-13-22-17-40(23-9-10-23)12-11-25(22)30(14-21)43-3/h4-6,11,13-15,17,20,23,26H,7-10,12,16,18H2,1-3H3,(H2,37,42)(H,38,41)/t26-,35-/m0/s1. The van der Waals surface area contributed by atoms with Gasteiger partial charge in [0.1, 0.15) is 35.0 Å². The lowest BCUT2D eigenvalue weighted by molar-refractivity contribution is -0.123. The maximum Gasteiger partial charge on any atom is 0.251 e. The third-order valence-corrected chi connectivity index (χ3v) is 9.70. The molecule has 1 aromatic heterocycles. The number of hydrogen-bond donors (Lipinski definition) is 2. The zero-order chi connectivity index (χ0) is 30.7. The summed E-state index contributed by atoms with van der Waals surface area (Å²) in [4.78, 5) is 33.6. The second kappa shape index (κ2) is 10.6. The number of carbonyl (C=O) groups is 2. The molecular formula is C35H37FN4O4. The Kier molecular flexibility index (Phi) is 6.86. The second-order valence-electron chi connectivity index (χ2n) is 12.8. The van der Waals surface area contributed by atoms with Crippen molar-refractivity contribution in [3.63, 3.8) is 0 Å². The largest absolute Gasteiger partial charge is 0.496 e. The average molecular weight is 597 g/mol. The molecule has 0 bridgehead atoms. The first-order valence-corrected chi connectivity index (χ1v) is 15.4. The molecule has 2 aromatic carbocycles. The third kappa shape index (κ3) is 4.88. The Morgan fingerprint density at radius 1 is 1.23 bits per heavy atom. The number of ether oxygens (including phenoxy) is 2. The molecule has 2 amide bonds. The first-order chi connectivity index (χ1) is 21.2. The summed E-state index contributed by atoms with van der Waals surface area (Å²) in [5.41, 5.74) is 8.27. The molecule has 3 heterocycles.